The highest BCUT2D eigenvalue weighted by atomic mass is 16.5. The SMILES string of the molecule is CC(C)CC(CC(C)C)NC(C)C1CCOC1. The zero-order chi connectivity index (χ0) is 12.8. The smallest absolute Gasteiger partial charge is 0.0509 e. The van der Waals surface area contributed by atoms with Crippen molar-refractivity contribution in [1.29, 1.82) is 0 Å². The third kappa shape index (κ3) is 5.87. The van der Waals surface area contributed by atoms with Crippen LogP contribution in [0.2, 0.25) is 0 Å². The first-order chi connectivity index (χ1) is 7.99. The zero-order valence-electron chi connectivity index (χ0n) is 12.3. The lowest BCUT2D eigenvalue weighted by Crippen LogP contribution is -2.42. The second kappa shape index (κ2) is 7.38. The summed E-state index contributed by atoms with van der Waals surface area (Å²) in [5.41, 5.74) is 0. The first kappa shape index (κ1) is 15.0. The molecule has 1 aliphatic rings. The van der Waals surface area contributed by atoms with E-state index in [-0.39, 0.29) is 0 Å². The van der Waals surface area contributed by atoms with E-state index < -0.39 is 0 Å². The fraction of sp³-hybridized carbons (Fsp3) is 1.00. The quantitative estimate of drug-likeness (QED) is 0.737. The molecule has 0 radical (unpaired) electrons. The summed E-state index contributed by atoms with van der Waals surface area (Å²) in [6.07, 6.45) is 3.80. The summed E-state index contributed by atoms with van der Waals surface area (Å²) in [5.74, 6) is 2.27. The molecule has 1 heterocycles. The Kier molecular flexibility index (Phi) is 6.50. The van der Waals surface area contributed by atoms with Gasteiger partial charge in [0.15, 0.2) is 0 Å². The number of nitrogens with one attached hydrogen (secondary N) is 1. The Balaban J connectivity index is 2.40. The van der Waals surface area contributed by atoms with Crippen LogP contribution in [-0.2, 0) is 4.74 Å². The van der Waals surface area contributed by atoms with Gasteiger partial charge in [0.25, 0.3) is 0 Å². The molecule has 1 saturated heterocycles. The Morgan fingerprint density at radius 1 is 1.06 bits per heavy atom. The summed E-state index contributed by atoms with van der Waals surface area (Å²) < 4.78 is 5.48. The first-order valence-corrected chi connectivity index (χ1v) is 7.32. The van der Waals surface area contributed by atoms with Crippen molar-refractivity contribution < 1.29 is 4.74 Å². The largest absolute Gasteiger partial charge is 0.381 e. The summed E-state index contributed by atoms with van der Waals surface area (Å²) in [5, 5.41) is 3.84. The minimum absolute atomic E-state index is 0.597. The monoisotopic (exact) mass is 241 g/mol. The van der Waals surface area contributed by atoms with Crippen LogP contribution in [0.25, 0.3) is 0 Å². The maximum atomic E-state index is 5.48. The van der Waals surface area contributed by atoms with Crippen LogP contribution in [0.15, 0.2) is 0 Å². The van der Waals surface area contributed by atoms with Gasteiger partial charge in [-0.3, -0.25) is 0 Å². The molecular weight excluding hydrogens is 210 g/mol. The lowest BCUT2D eigenvalue weighted by molar-refractivity contribution is 0.174. The Morgan fingerprint density at radius 3 is 2.06 bits per heavy atom. The average molecular weight is 241 g/mol. The van der Waals surface area contributed by atoms with Gasteiger partial charge >= 0.3 is 0 Å². The van der Waals surface area contributed by atoms with Gasteiger partial charge in [-0.05, 0) is 43.9 Å². The van der Waals surface area contributed by atoms with Gasteiger partial charge in [-0.15, -0.1) is 0 Å². The summed E-state index contributed by atoms with van der Waals surface area (Å²) in [6.45, 7) is 13.5. The minimum Gasteiger partial charge on any atom is -0.381 e. The normalized spacial score (nSPS) is 22.9. The molecule has 0 aromatic carbocycles. The fourth-order valence-corrected chi connectivity index (χ4v) is 2.83. The van der Waals surface area contributed by atoms with Gasteiger partial charge in [-0.2, -0.15) is 0 Å². The van der Waals surface area contributed by atoms with Gasteiger partial charge in [0.2, 0.25) is 0 Å². The van der Waals surface area contributed by atoms with Gasteiger partial charge in [0, 0.05) is 18.7 Å². The molecule has 0 aliphatic carbocycles. The maximum absolute atomic E-state index is 5.48. The minimum atomic E-state index is 0.597. The van der Waals surface area contributed by atoms with E-state index in [2.05, 4.69) is 39.9 Å². The molecule has 1 N–H and O–H groups in total. The van der Waals surface area contributed by atoms with E-state index in [0.29, 0.717) is 12.1 Å². The molecule has 0 saturated carbocycles. The van der Waals surface area contributed by atoms with Crippen LogP contribution in [0.5, 0.6) is 0 Å². The molecule has 1 aliphatic heterocycles. The van der Waals surface area contributed by atoms with E-state index in [9.17, 15) is 0 Å². The summed E-state index contributed by atoms with van der Waals surface area (Å²) in [4.78, 5) is 0. The fourth-order valence-electron chi connectivity index (χ4n) is 2.83. The van der Waals surface area contributed by atoms with Crippen LogP contribution in [0.4, 0.5) is 0 Å². The maximum Gasteiger partial charge on any atom is 0.0509 e. The van der Waals surface area contributed by atoms with Crippen LogP contribution < -0.4 is 5.32 Å². The molecule has 0 bridgehead atoms. The Bertz CT molecular complexity index is 187. The molecule has 17 heavy (non-hydrogen) atoms. The van der Waals surface area contributed by atoms with Crippen molar-refractivity contribution in [2.24, 2.45) is 17.8 Å². The number of rotatable bonds is 7. The molecular formula is C15H31NO. The van der Waals surface area contributed by atoms with Crippen LogP contribution in [0.1, 0.15) is 53.9 Å². The van der Waals surface area contributed by atoms with E-state index >= 15 is 0 Å². The Labute approximate surface area is 108 Å². The van der Waals surface area contributed by atoms with E-state index in [1.807, 2.05) is 0 Å². The summed E-state index contributed by atoms with van der Waals surface area (Å²) in [7, 11) is 0. The zero-order valence-corrected chi connectivity index (χ0v) is 12.3. The first-order valence-electron chi connectivity index (χ1n) is 7.32. The van der Waals surface area contributed by atoms with E-state index in [1.54, 1.807) is 0 Å². The molecule has 0 aromatic rings. The summed E-state index contributed by atoms with van der Waals surface area (Å²) >= 11 is 0. The summed E-state index contributed by atoms with van der Waals surface area (Å²) in [6, 6.07) is 1.27. The van der Waals surface area contributed by atoms with Crippen molar-refractivity contribution in [3.63, 3.8) is 0 Å². The predicted octanol–water partition coefficient (Wildman–Crippen LogP) is 3.46. The van der Waals surface area contributed by atoms with Crippen molar-refractivity contribution in [2.75, 3.05) is 13.2 Å². The van der Waals surface area contributed by atoms with E-state index in [1.165, 1.54) is 19.3 Å². The second-order valence-corrected chi connectivity index (χ2v) is 6.54. The van der Waals surface area contributed by atoms with Gasteiger partial charge in [0.1, 0.15) is 0 Å². The number of hydrogen-bond acceptors (Lipinski definition) is 2. The Morgan fingerprint density at radius 2 is 1.65 bits per heavy atom. The molecule has 102 valence electrons. The van der Waals surface area contributed by atoms with Crippen molar-refractivity contribution >= 4 is 0 Å². The third-order valence-electron chi connectivity index (χ3n) is 3.68. The molecule has 0 amide bonds. The van der Waals surface area contributed by atoms with Crippen LogP contribution >= 0.6 is 0 Å². The third-order valence-corrected chi connectivity index (χ3v) is 3.68. The van der Waals surface area contributed by atoms with Crippen molar-refractivity contribution in [2.45, 2.75) is 66.0 Å². The van der Waals surface area contributed by atoms with E-state index in [0.717, 1.165) is 31.0 Å². The molecule has 0 spiro atoms. The van der Waals surface area contributed by atoms with Gasteiger partial charge in [0.05, 0.1) is 6.61 Å². The molecule has 2 atom stereocenters. The molecule has 1 fully saturated rings. The van der Waals surface area contributed by atoms with Gasteiger partial charge in [-0.1, -0.05) is 27.7 Å². The van der Waals surface area contributed by atoms with Crippen LogP contribution in [-0.4, -0.2) is 25.3 Å². The van der Waals surface area contributed by atoms with Crippen LogP contribution in [0, 0.1) is 17.8 Å². The molecule has 2 heteroatoms. The molecule has 2 nitrogen and oxygen atoms in total. The molecule has 1 rings (SSSR count). The van der Waals surface area contributed by atoms with Crippen LogP contribution in [0.3, 0.4) is 0 Å². The lowest BCUT2D eigenvalue weighted by Gasteiger charge is -2.29. The number of ether oxygens (including phenoxy) is 1. The second-order valence-electron chi connectivity index (χ2n) is 6.54. The number of hydrogen-bond donors (Lipinski definition) is 1. The van der Waals surface area contributed by atoms with Crippen molar-refractivity contribution in [3.05, 3.63) is 0 Å². The average Bonchev–Trinajstić information content (AvgIpc) is 2.67. The highest BCUT2D eigenvalue weighted by molar-refractivity contribution is 4.80. The van der Waals surface area contributed by atoms with Crippen molar-refractivity contribution in [1.82, 2.24) is 5.32 Å². The lowest BCUT2D eigenvalue weighted by atomic mass is 9.93. The molecule has 2 unspecified atom stereocenters. The van der Waals surface area contributed by atoms with Crippen molar-refractivity contribution in [3.8, 4) is 0 Å². The predicted molar refractivity (Wildman–Crippen MR) is 74.2 cm³/mol. The van der Waals surface area contributed by atoms with Gasteiger partial charge in [-0.25, -0.2) is 0 Å². The Hall–Kier alpha value is -0.0800. The molecule has 0 aromatic heterocycles. The van der Waals surface area contributed by atoms with Gasteiger partial charge < -0.3 is 10.1 Å². The van der Waals surface area contributed by atoms with E-state index in [4.69, 9.17) is 4.74 Å². The standard InChI is InChI=1S/C15H31NO/c1-11(2)8-15(9-12(3)4)16-13(5)14-6-7-17-10-14/h11-16H,6-10H2,1-5H3. The topological polar surface area (TPSA) is 21.3 Å². The highest BCUT2D eigenvalue weighted by Gasteiger charge is 2.24. The highest BCUT2D eigenvalue weighted by Crippen LogP contribution is 2.20.